The number of hydrogen-bond acceptors (Lipinski definition) is 3. The zero-order valence-electron chi connectivity index (χ0n) is 13.5. The average Bonchev–Trinajstić information content (AvgIpc) is 3.39. The lowest BCUT2D eigenvalue weighted by Crippen LogP contribution is -2.45. The molecule has 0 radical (unpaired) electrons. The van der Waals surface area contributed by atoms with Crippen molar-refractivity contribution in [1.29, 1.82) is 0 Å². The summed E-state index contributed by atoms with van der Waals surface area (Å²) in [4.78, 5) is 15.3. The van der Waals surface area contributed by atoms with Gasteiger partial charge in [0, 0.05) is 36.2 Å². The van der Waals surface area contributed by atoms with Crippen LogP contribution in [0.15, 0.2) is 29.2 Å². The largest absolute Gasteiger partial charge is 0.343 e. The third kappa shape index (κ3) is 5.50. The number of nitrogens with one attached hydrogen (secondary N) is 1. The van der Waals surface area contributed by atoms with Gasteiger partial charge in [0.15, 0.2) is 0 Å². The molecule has 0 atom stereocenters. The monoisotopic (exact) mass is 336 g/mol. The van der Waals surface area contributed by atoms with E-state index in [4.69, 9.17) is 0 Å². The van der Waals surface area contributed by atoms with Gasteiger partial charge in [0.05, 0.1) is 0 Å². The number of piperidine rings is 1. The van der Waals surface area contributed by atoms with Gasteiger partial charge in [0.25, 0.3) is 0 Å². The van der Waals surface area contributed by atoms with Gasteiger partial charge < -0.3 is 10.2 Å². The summed E-state index contributed by atoms with van der Waals surface area (Å²) >= 11 is 1.61. The molecule has 0 bridgehead atoms. The number of benzene rings is 1. The Morgan fingerprint density at radius 1 is 1.17 bits per heavy atom. The lowest BCUT2D eigenvalue weighted by molar-refractivity contribution is -0.131. The molecule has 2 aliphatic rings. The second-order valence-electron chi connectivity index (χ2n) is 6.56. The van der Waals surface area contributed by atoms with Gasteiger partial charge >= 0.3 is 0 Å². The predicted octanol–water partition coefficient (Wildman–Crippen LogP) is 3.30. The highest BCUT2D eigenvalue weighted by Crippen LogP contribution is 2.28. The van der Waals surface area contributed by atoms with Crippen LogP contribution in [-0.4, -0.2) is 42.2 Å². The molecule has 3 rings (SSSR count). The molecule has 1 aromatic carbocycles. The smallest absolute Gasteiger partial charge is 0.223 e. The lowest BCUT2D eigenvalue weighted by atomic mass is 10.0. The van der Waals surface area contributed by atoms with E-state index in [-0.39, 0.29) is 11.7 Å². The summed E-state index contributed by atoms with van der Waals surface area (Å²) in [6.07, 6.45) is 5.47. The Kier molecular flexibility index (Phi) is 5.95. The maximum atomic E-state index is 12.8. The molecular formula is C18H25FN2OS. The Morgan fingerprint density at radius 3 is 2.52 bits per heavy atom. The summed E-state index contributed by atoms with van der Waals surface area (Å²) in [6.45, 7) is 2.91. The van der Waals surface area contributed by atoms with Crippen LogP contribution in [-0.2, 0) is 4.79 Å². The zero-order chi connectivity index (χ0) is 16.1. The highest BCUT2D eigenvalue weighted by molar-refractivity contribution is 7.99. The molecule has 126 valence electrons. The number of likely N-dealkylation sites (tertiary alicyclic amines) is 1. The first kappa shape index (κ1) is 16.8. The van der Waals surface area contributed by atoms with Crippen molar-refractivity contribution in [3.05, 3.63) is 30.1 Å². The van der Waals surface area contributed by atoms with Crippen LogP contribution in [0.3, 0.4) is 0 Å². The number of carbonyl (C=O) groups excluding carboxylic acids is 1. The second-order valence-corrected chi connectivity index (χ2v) is 7.73. The number of carbonyl (C=O) groups is 1. The molecule has 1 amide bonds. The Labute approximate surface area is 142 Å². The standard InChI is InChI=1S/C18H25FN2OS/c19-15-3-5-17(6-4-15)23-12-9-18(22)21-10-7-16(8-11-21)20-13-14-1-2-14/h3-6,14,16,20H,1-2,7-13H2. The van der Waals surface area contributed by atoms with Crippen molar-refractivity contribution in [3.63, 3.8) is 0 Å². The SMILES string of the molecule is O=C(CCSc1ccc(F)cc1)N1CCC(NCC2CC2)CC1. The van der Waals surface area contributed by atoms with Gasteiger partial charge in [-0.3, -0.25) is 4.79 Å². The minimum absolute atomic E-state index is 0.219. The van der Waals surface area contributed by atoms with Crippen LogP contribution in [0.5, 0.6) is 0 Å². The van der Waals surface area contributed by atoms with E-state index in [1.165, 1.54) is 25.0 Å². The van der Waals surface area contributed by atoms with Gasteiger partial charge in [-0.1, -0.05) is 0 Å². The summed E-state index contributed by atoms with van der Waals surface area (Å²) in [7, 11) is 0. The van der Waals surface area contributed by atoms with E-state index in [9.17, 15) is 9.18 Å². The maximum Gasteiger partial charge on any atom is 0.223 e. The van der Waals surface area contributed by atoms with Crippen LogP contribution in [0.1, 0.15) is 32.1 Å². The van der Waals surface area contributed by atoms with E-state index in [1.54, 1.807) is 23.9 Å². The van der Waals surface area contributed by atoms with Crippen LogP contribution in [0.25, 0.3) is 0 Å². The van der Waals surface area contributed by atoms with Gasteiger partial charge in [-0.05, 0) is 62.4 Å². The first-order chi connectivity index (χ1) is 11.2. The Morgan fingerprint density at radius 2 is 1.87 bits per heavy atom. The Bertz CT molecular complexity index is 510. The molecule has 1 N–H and O–H groups in total. The summed E-state index contributed by atoms with van der Waals surface area (Å²) in [5, 5.41) is 3.64. The molecule has 0 unspecified atom stereocenters. The molecule has 1 saturated carbocycles. The highest BCUT2D eigenvalue weighted by Gasteiger charge is 2.25. The summed E-state index contributed by atoms with van der Waals surface area (Å²) in [6, 6.07) is 7.05. The van der Waals surface area contributed by atoms with Crippen LogP contribution in [0, 0.1) is 11.7 Å². The van der Waals surface area contributed by atoms with Crippen LogP contribution in [0.4, 0.5) is 4.39 Å². The third-order valence-electron chi connectivity index (χ3n) is 4.64. The molecule has 1 saturated heterocycles. The third-order valence-corrected chi connectivity index (χ3v) is 5.65. The number of thioether (sulfide) groups is 1. The molecule has 0 aromatic heterocycles. The number of rotatable bonds is 7. The molecule has 0 spiro atoms. The quantitative estimate of drug-likeness (QED) is 0.776. The summed E-state index contributed by atoms with van der Waals surface area (Å²) < 4.78 is 12.8. The topological polar surface area (TPSA) is 32.3 Å². The first-order valence-corrected chi connectivity index (χ1v) is 9.59. The van der Waals surface area contributed by atoms with Crippen molar-refractivity contribution >= 4 is 17.7 Å². The van der Waals surface area contributed by atoms with Crippen molar-refractivity contribution in [1.82, 2.24) is 10.2 Å². The fourth-order valence-corrected chi connectivity index (χ4v) is 3.77. The minimum atomic E-state index is -0.219. The molecule has 1 aliphatic heterocycles. The normalized spacial score (nSPS) is 19.1. The molecule has 1 aliphatic carbocycles. The predicted molar refractivity (Wildman–Crippen MR) is 92.1 cm³/mol. The fraction of sp³-hybridized carbons (Fsp3) is 0.611. The van der Waals surface area contributed by atoms with E-state index in [2.05, 4.69) is 5.32 Å². The van der Waals surface area contributed by atoms with Gasteiger partial charge in [0.2, 0.25) is 5.91 Å². The van der Waals surface area contributed by atoms with E-state index in [0.717, 1.165) is 49.0 Å². The van der Waals surface area contributed by atoms with E-state index < -0.39 is 0 Å². The minimum Gasteiger partial charge on any atom is -0.343 e. The van der Waals surface area contributed by atoms with Crippen molar-refractivity contribution in [2.24, 2.45) is 5.92 Å². The molecular weight excluding hydrogens is 311 g/mol. The number of hydrogen-bond donors (Lipinski definition) is 1. The van der Waals surface area contributed by atoms with Gasteiger partial charge in [-0.25, -0.2) is 4.39 Å². The number of nitrogens with zero attached hydrogens (tertiary/aromatic N) is 1. The number of halogens is 1. The average molecular weight is 336 g/mol. The van der Waals surface area contributed by atoms with E-state index in [1.807, 2.05) is 4.90 Å². The summed E-state index contributed by atoms with van der Waals surface area (Å²) in [5.74, 6) is 1.70. The molecule has 3 nitrogen and oxygen atoms in total. The van der Waals surface area contributed by atoms with Crippen molar-refractivity contribution < 1.29 is 9.18 Å². The molecule has 2 fully saturated rings. The van der Waals surface area contributed by atoms with Crippen molar-refractivity contribution in [2.45, 2.75) is 43.0 Å². The summed E-state index contributed by atoms with van der Waals surface area (Å²) in [5.41, 5.74) is 0. The van der Waals surface area contributed by atoms with Crippen LogP contribution < -0.4 is 5.32 Å². The zero-order valence-corrected chi connectivity index (χ0v) is 14.3. The number of amides is 1. The van der Waals surface area contributed by atoms with Gasteiger partial charge in [-0.15, -0.1) is 11.8 Å². The Hall–Kier alpha value is -1.07. The van der Waals surface area contributed by atoms with E-state index in [0.29, 0.717) is 12.5 Å². The van der Waals surface area contributed by atoms with Gasteiger partial charge in [-0.2, -0.15) is 0 Å². The van der Waals surface area contributed by atoms with Gasteiger partial charge in [0.1, 0.15) is 5.82 Å². The van der Waals surface area contributed by atoms with E-state index >= 15 is 0 Å². The fourth-order valence-electron chi connectivity index (χ4n) is 2.93. The molecule has 5 heteroatoms. The van der Waals surface area contributed by atoms with Crippen LogP contribution >= 0.6 is 11.8 Å². The van der Waals surface area contributed by atoms with Crippen molar-refractivity contribution in [2.75, 3.05) is 25.4 Å². The highest BCUT2D eigenvalue weighted by atomic mass is 32.2. The first-order valence-electron chi connectivity index (χ1n) is 8.60. The molecule has 23 heavy (non-hydrogen) atoms. The van der Waals surface area contributed by atoms with Crippen molar-refractivity contribution in [3.8, 4) is 0 Å². The lowest BCUT2D eigenvalue weighted by Gasteiger charge is -2.32. The Balaban J connectivity index is 1.31. The molecule has 1 heterocycles. The molecule has 1 aromatic rings. The second kappa shape index (κ2) is 8.15. The van der Waals surface area contributed by atoms with Crippen LogP contribution in [0.2, 0.25) is 0 Å². The maximum absolute atomic E-state index is 12.8.